The fourth-order valence-electron chi connectivity index (χ4n) is 2.30. The predicted octanol–water partition coefficient (Wildman–Crippen LogP) is 4.50. The van der Waals surface area contributed by atoms with Crippen molar-refractivity contribution >= 4 is 39.8 Å². The SMILES string of the molecule is Cc1ccc(C)c(NC(=O)CSc2nnc(NCc3ccccc3)s2)c1. The van der Waals surface area contributed by atoms with Crippen molar-refractivity contribution in [1.29, 1.82) is 0 Å². The molecule has 134 valence electrons. The molecule has 0 radical (unpaired) electrons. The van der Waals surface area contributed by atoms with Crippen molar-refractivity contribution in [2.45, 2.75) is 24.7 Å². The highest BCUT2D eigenvalue weighted by Crippen LogP contribution is 2.26. The summed E-state index contributed by atoms with van der Waals surface area (Å²) in [5.41, 5.74) is 4.22. The molecule has 26 heavy (non-hydrogen) atoms. The Morgan fingerprint density at radius 1 is 1.12 bits per heavy atom. The van der Waals surface area contributed by atoms with Gasteiger partial charge in [-0.05, 0) is 36.6 Å². The molecule has 0 spiro atoms. The van der Waals surface area contributed by atoms with Gasteiger partial charge in [0.1, 0.15) is 0 Å². The van der Waals surface area contributed by atoms with Gasteiger partial charge in [0.05, 0.1) is 5.75 Å². The lowest BCUT2D eigenvalue weighted by Gasteiger charge is -2.08. The number of rotatable bonds is 7. The van der Waals surface area contributed by atoms with E-state index in [1.807, 2.05) is 50.2 Å². The van der Waals surface area contributed by atoms with Crippen molar-refractivity contribution in [3.8, 4) is 0 Å². The van der Waals surface area contributed by atoms with E-state index in [2.05, 4.69) is 33.0 Å². The number of aromatic nitrogens is 2. The number of aryl methyl sites for hydroxylation is 2. The van der Waals surface area contributed by atoms with Crippen LogP contribution >= 0.6 is 23.1 Å². The normalized spacial score (nSPS) is 10.5. The second-order valence-corrected chi connectivity index (χ2v) is 8.07. The lowest BCUT2D eigenvalue weighted by atomic mass is 10.1. The van der Waals surface area contributed by atoms with E-state index >= 15 is 0 Å². The molecule has 2 N–H and O–H groups in total. The van der Waals surface area contributed by atoms with Crippen LogP contribution in [0.2, 0.25) is 0 Å². The minimum atomic E-state index is -0.0438. The van der Waals surface area contributed by atoms with Crippen LogP contribution in [0.3, 0.4) is 0 Å². The molecule has 0 atom stereocenters. The summed E-state index contributed by atoms with van der Waals surface area (Å²) in [6, 6.07) is 16.1. The maximum atomic E-state index is 12.2. The quantitative estimate of drug-likeness (QED) is 0.587. The predicted molar refractivity (Wildman–Crippen MR) is 109 cm³/mol. The lowest BCUT2D eigenvalue weighted by molar-refractivity contribution is -0.113. The van der Waals surface area contributed by atoms with Crippen LogP contribution in [0.4, 0.5) is 10.8 Å². The van der Waals surface area contributed by atoms with Crippen LogP contribution in [0.1, 0.15) is 16.7 Å². The first-order chi connectivity index (χ1) is 12.6. The number of amides is 1. The average Bonchev–Trinajstić information content (AvgIpc) is 3.10. The molecule has 1 amide bonds. The topological polar surface area (TPSA) is 66.9 Å². The minimum absolute atomic E-state index is 0.0438. The summed E-state index contributed by atoms with van der Waals surface area (Å²) in [6.07, 6.45) is 0. The lowest BCUT2D eigenvalue weighted by Crippen LogP contribution is -2.14. The third-order valence-electron chi connectivity index (χ3n) is 3.69. The minimum Gasteiger partial charge on any atom is -0.356 e. The molecule has 0 aliphatic rings. The highest BCUT2D eigenvalue weighted by molar-refractivity contribution is 8.01. The Morgan fingerprint density at radius 3 is 2.73 bits per heavy atom. The standard InChI is InChI=1S/C19H20N4OS2/c1-13-8-9-14(2)16(10-13)21-17(24)12-25-19-23-22-18(26-19)20-11-15-6-4-3-5-7-15/h3-10H,11-12H2,1-2H3,(H,20,22)(H,21,24). The van der Waals surface area contributed by atoms with E-state index in [4.69, 9.17) is 0 Å². The van der Waals surface area contributed by atoms with Gasteiger partial charge in [-0.2, -0.15) is 0 Å². The molecule has 3 rings (SSSR count). The van der Waals surface area contributed by atoms with Gasteiger partial charge in [0.25, 0.3) is 0 Å². The summed E-state index contributed by atoms with van der Waals surface area (Å²) in [5.74, 6) is 0.262. The van der Waals surface area contributed by atoms with Gasteiger partial charge in [-0.15, -0.1) is 10.2 Å². The summed E-state index contributed by atoms with van der Waals surface area (Å²) < 4.78 is 0.775. The average molecular weight is 385 g/mol. The summed E-state index contributed by atoms with van der Waals surface area (Å²) in [6.45, 7) is 4.69. The monoisotopic (exact) mass is 384 g/mol. The van der Waals surface area contributed by atoms with Gasteiger partial charge in [0, 0.05) is 12.2 Å². The van der Waals surface area contributed by atoms with Gasteiger partial charge < -0.3 is 10.6 Å². The first-order valence-electron chi connectivity index (χ1n) is 8.21. The number of nitrogens with zero attached hydrogens (tertiary/aromatic N) is 2. The molecule has 2 aromatic carbocycles. The fraction of sp³-hybridized carbons (Fsp3) is 0.211. The highest BCUT2D eigenvalue weighted by atomic mass is 32.2. The van der Waals surface area contributed by atoms with Gasteiger partial charge in [0.15, 0.2) is 4.34 Å². The first-order valence-corrected chi connectivity index (χ1v) is 10.0. The maximum Gasteiger partial charge on any atom is 0.234 e. The number of benzene rings is 2. The number of carbonyl (C=O) groups excluding carboxylic acids is 1. The van der Waals surface area contributed by atoms with E-state index < -0.39 is 0 Å². The molecule has 0 saturated heterocycles. The van der Waals surface area contributed by atoms with Crippen molar-refractivity contribution in [2.24, 2.45) is 0 Å². The Hall–Kier alpha value is -2.38. The third kappa shape index (κ3) is 5.31. The molecule has 0 aliphatic heterocycles. The van der Waals surface area contributed by atoms with Crippen molar-refractivity contribution in [1.82, 2.24) is 10.2 Å². The van der Waals surface area contributed by atoms with Crippen LogP contribution in [-0.2, 0) is 11.3 Å². The third-order valence-corrected chi connectivity index (χ3v) is 5.70. The zero-order valence-electron chi connectivity index (χ0n) is 14.7. The molecular weight excluding hydrogens is 364 g/mol. The van der Waals surface area contributed by atoms with Crippen molar-refractivity contribution in [3.63, 3.8) is 0 Å². The smallest absolute Gasteiger partial charge is 0.234 e. The second-order valence-electron chi connectivity index (χ2n) is 5.87. The Morgan fingerprint density at radius 2 is 1.92 bits per heavy atom. The van der Waals surface area contributed by atoms with Crippen LogP contribution in [-0.4, -0.2) is 21.9 Å². The molecule has 7 heteroatoms. The summed E-state index contributed by atoms with van der Waals surface area (Å²) in [5, 5.41) is 15.2. The van der Waals surface area contributed by atoms with Gasteiger partial charge in [-0.25, -0.2) is 0 Å². The van der Waals surface area contributed by atoms with E-state index in [1.54, 1.807) is 0 Å². The van der Waals surface area contributed by atoms with Gasteiger partial charge >= 0.3 is 0 Å². The molecule has 0 aliphatic carbocycles. The van der Waals surface area contributed by atoms with Crippen LogP contribution in [0.15, 0.2) is 52.9 Å². The zero-order valence-corrected chi connectivity index (χ0v) is 16.3. The molecular formula is C19H20N4OS2. The van der Waals surface area contributed by atoms with Gasteiger partial charge in [0.2, 0.25) is 11.0 Å². The number of thioether (sulfide) groups is 1. The Labute approximate surface area is 161 Å². The Balaban J connectivity index is 1.48. The van der Waals surface area contributed by atoms with E-state index in [0.29, 0.717) is 12.3 Å². The van der Waals surface area contributed by atoms with Gasteiger partial charge in [-0.3, -0.25) is 4.79 Å². The van der Waals surface area contributed by atoms with Crippen LogP contribution in [0, 0.1) is 13.8 Å². The number of nitrogens with one attached hydrogen (secondary N) is 2. The summed E-state index contributed by atoms with van der Waals surface area (Å²) in [4.78, 5) is 12.2. The molecule has 0 saturated carbocycles. The van der Waals surface area contributed by atoms with E-state index in [9.17, 15) is 4.79 Å². The van der Waals surface area contributed by atoms with Gasteiger partial charge in [-0.1, -0.05) is 65.6 Å². The first kappa shape index (κ1) is 18.4. The fourth-order valence-corrected chi connectivity index (χ4v) is 3.84. The molecule has 1 aromatic heterocycles. The van der Waals surface area contributed by atoms with Crippen molar-refractivity contribution < 1.29 is 4.79 Å². The number of carbonyl (C=O) groups is 1. The van der Waals surface area contributed by atoms with Crippen LogP contribution in [0.25, 0.3) is 0 Å². The number of hydrogen-bond donors (Lipinski definition) is 2. The molecule has 0 bridgehead atoms. The molecule has 3 aromatic rings. The highest BCUT2D eigenvalue weighted by Gasteiger charge is 2.09. The number of anilines is 2. The second kappa shape index (κ2) is 8.82. The zero-order chi connectivity index (χ0) is 18.4. The van der Waals surface area contributed by atoms with E-state index in [-0.39, 0.29) is 5.91 Å². The number of hydrogen-bond acceptors (Lipinski definition) is 6. The van der Waals surface area contributed by atoms with Crippen molar-refractivity contribution in [2.75, 3.05) is 16.4 Å². The maximum absolute atomic E-state index is 12.2. The van der Waals surface area contributed by atoms with Crippen LogP contribution in [0.5, 0.6) is 0 Å². The molecule has 0 fully saturated rings. The van der Waals surface area contributed by atoms with E-state index in [0.717, 1.165) is 26.3 Å². The largest absolute Gasteiger partial charge is 0.356 e. The molecule has 5 nitrogen and oxygen atoms in total. The van der Waals surface area contributed by atoms with E-state index in [1.165, 1.54) is 28.7 Å². The summed E-state index contributed by atoms with van der Waals surface area (Å²) >= 11 is 2.85. The molecule has 0 unspecified atom stereocenters. The Bertz CT molecular complexity index is 880. The van der Waals surface area contributed by atoms with Crippen LogP contribution < -0.4 is 10.6 Å². The van der Waals surface area contributed by atoms with Crippen molar-refractivity contribution in [3.05, 3.63) is 65.2 Å². The summed E-state index contributed by atoms with van der Waals surface area (Å²) in [7, 11) is 0. The Kier molecular flexibility index (Phi) is 6.25. The molecule has 1 heterocycles.